The Balaban J connectivity index is 2.11. The second-order valence-electron chi connectivity index (χ2n) is 7.22. The van der Waals surface area contributed by atoms with Crippen LogP contribution in [0.15, 0.2) is 42.5 Å². The smallest absolute Gasteiger partial charge is 0.242 e. The monoisotopic (exact) mass is 470 g/mol. The molecule has 1 unspecified atom stereocenters. The molecule has 1 N–H and O–H groups in total. The van der Waals surface area contributed by atoms with Gasteiger partial charge in [-0.2, -0.15) is 0 Å². The van der Waals surface area contributed by atoms with E-state index in [0.29, 0.717) is 21.4 Å². The molecule has 2 aromatic rings. The Morgan fingerprint density at radius 1 is 1.10 bits per heavy atom. The van der Waals surface area contributed by atoms with Gasteiger partial charge in [0, 0.05) is 28.4 Å². The number of nitrogens with zero attached hydrogens (tertiary/aromatic N) is 1. The van der Waals surface area contributed by atoms with Crippen molar-refractivity contribution in [2.45, 2.75) is 45.2 Å². The first-order valence-corrected chi connectivity index (χ1v) is 11.4. The van der Waals surface area contributed by atoms with Crippen LogP contribution in [-0.4, -0.2) is 34.6 Å². The number of carbonyl (C=O) groups is 2. The van der Waals surface area contributed by atoms with E-state index in [0.717, 1.165) is 5.56 Å². The van der Waals surface area contributed by atoms with E-state index in [1.807, 2.05) is 13.8 Å². The molecule has 2 aromatic carbocycles. The lowest BCUT2D eigenvalue weighted by Gasteiger charge is -2.29. The molecule has 0 saturated carbocycles. The third kappa shape index (κ3) is 7.49. The quantitative estimate of drug-likeness (QED) is 0.540. The summed E-state index contributed by atoms with van der Waals surface area (Å²) >= 11 is 13.7. The molecule has 2 amide bonds. The van der Waals surface area contributed by atoms with Crippen molar-refractivity contribution in [1.29, 1.82) is 0 Å². The molecule has 0 aliphatic heterocycles. The minimum absolute atomic E-state index is 0.0381. The van der Waals surface area contributed by atoms with Crippen molar-refractivity contribution in [3.63, 3.8) is 0 Å². The summed E-state index contributed by atoms with van der Waals surface area (Å²) in [4.78, 5) is 27.1. The summed E-state index contributed by atoms with van der Waals surface area (Å²) in [6.45, 7) is 5.62. The molecule has 0 aliphatic rings. The zero-order valence-electron chi connectivity index (χ0n) is 17.1. The SMILES string of the molecule is CC(C)NC(=O)C(C)N(Cc1ccc(Cl)cc1Cl)C(=O)CSCc1ccc(F)cc1. The molecule has 0 spiro atoms. The van der Waals surface area contributed by atoms with Gasteiger partial charge in [-0.05, 0) is 56.2 Å². The van der Waals surface area contributed by atoms with E-state index >= 15 is 0 Å². The summed E-state index contributed by atoms with van der Waals surface area (Å²) < 4.78 is 13.0. The lowest BCUT2D eigenvalue weighted by atomic mass is 10.1. The number of thioether (sulfide) groups is 1. The Bertz CT molecular complexity index is 878. The zero-order chi connectivity index (χ0) is 22.3. The van der Waals surface area contributed by atoms with Crippen LogP contribution in [0, 0.1) is 5.82 Å². The highest BCUT2D eigenvalue weighted by Gasteiger charge is 2.27. The number of nitrogens with one attached hydrogen (secondary N) is 1. The summed E-state index contributed by atoms with van der Waals surface area (Å²) in [6.07, 6.45) is 0. The molecule has 2 rings (SSSR count). The maximum Gasteiger partial charge on any atom is 0.242 e. The number of hydrogen-bond acceptors (Lipinski definition) is 3. The predicted octanol–water partition coefficient (Wildman–Crippen LogP) is 5.31. The Kier molecular flexibility index (Phi) is 9.46. The summed E-state index contributed by atoms with van der Waals surface area (Å²) in [7, 11) is 0. The number of amides is 2. The molecule has 4 nitrogen and oxygen atoms in total. The Morgan fingerprint density at radius 2 is 1.77 bits per heavy atom. The molecule has 8 heteroatoms. The molecule has 0 saturated heterocycles. The van der Waals surface area contributed by atoms with Crippen molar-refractivity contribution in [3.8, 4) is 0 Å². The average molecular weight is 471 g/mol. The topological polar surface area (TPSA) is 49.4 Å². The zero-order valence-corrected chi connectivity index (χ0v) is 19.5. The molecule has 0 radical (unpaired) electrons. The number of carbonyl (C=O) groups excluding carboxylic acids is 2. The summed E-state index contributed by atoms with van der Waals surface area (Å²) in [6, 6.07) is 10.5. The first-order chi connectivity index (χ1) is 14.2. The maximum absolute atomic E-state index is 13.0. The van der Waals surface area contributed by atoms with Crippen molar-refractivity contribution in [3.05, 3.63) is 69.5 Å². The molecule has 1 atom stereocenters. The fourth-order valence-electron chi connectivity index (χ4n) is 2.74. The molecule has 162 valence electrons. The minimum Gasteiger partial charge on any atom is -0.352 e. The number of hydrogen-bond donors (Lipinski definition) is 1. The van der Waals surface area contributed by atoms with Gasteiger partial charge in [0.2, 0.25) is 11.8 Å². The van der Waals surface area contributed by atoms with E-state index in [1.54, 1.807) is 37.3 Å². The van der Waals surface area contributed by atoms with E-state index in [-0.39, 0.29) is 36.0 Å². The van der Waals surface area contributed by atoms with E-state index in [1.165, 1.54) is 28.8 Å². The van der Waals surface area contributed by atoms with Gasteiger partial charge in [-0.15, -0.1) is 11.8 Å². The highest BCUT2D eigenvalue weighted by molar-refractivity contribution is 7.99. The molecular weight excluding hydrogens is 446 g/mol. The summed E-state index contributed by atoms with van der Waals surface area (Å²) in [5.41, 5.74) is 1.63. The minimum atomic E-state index is -0.668. The Morgan fingerprint density at radius 3 is 2.37 bits per heavy atom. The lowest BCUT2D eigenvalue weighted by Crippen LogP contribution is -2.49. The van der Waals surface area contributed by atoms with Crippen LogP contribution in [0.2, 0.25) is 10.0 Å². The van der Waals surface area contributed by atoms with Crippen LogP contribution in [0.4, 0.5) is 4.39 Å². The van der Waals surface area contributed by atoms with Gasteiger partial charge in [-0.3, -0.25) is 9.59 Å². The van der Waals surface area contributed by atoms with E-state index < -0.39 is 6.04 Å². The van der Waals surface area contributed by atoms with Crippen LogP contribution in [0.1, 0.15) is 31.9 Å². The third-order valence-electron chi connectivity index (χ3n) is 4.36. The van der Waals surface area contributed by atoms with Crippen LogP contribution in [-0.2, 0) is 21.9 Å². The van der Waals surface area contributed by atoms with Gasteiger partial charge in [0.05, 0.1) is 5.75 Å². The van der Waals surface area contributed by atoms with E-state index in [4.69, 9.17) is 23.2 Å². The molecule has 0 fully saturated rings. The number of halogens is 3. The predicted molar refractivity (Wildman–Crippen MR) is 122 cm³/mol. The van der Waals surface area contributed by atoms with Crippen molar-refractivity contribution < 1.29 is 14.0 Å². The molecule has 0 aliphatic carbocycles. The normalized spacial score (nSPS) is 12.0. The third-order valence-corrected chi connectivity index (χ3v) is 5.94. The first-order valence-electron chi connectivity index (χ1n) is 9.53. The molecule has 30 heavy (non-hydrogen) atoms. The van der Waals surface area contributed by atoms with Crippen LogP contribution in [0.5, 0.6) is 0 Å². The summed E-state index contributed by atoms with van der Waals surface area (Å²) in [5.74, 6) is 0.0399. The lowest BCUT2D eigenvalue weighted by molar-refractivity contribution is -0.138. The van der Waals surface area contributed by atoms with Crippen LogP contribution < -0.4 is 5.32 Å². The van der Waals surface area contributed by atoms with E-state index in [2.05, 4.69) is 5.32 Å². The second kappa shape index (κ2) is 11.6. The van der Waals surface area contributed by atoms with E-state index in [9.17, 15) is 14.0 Å². The molecule has 0 aromatic heterocycles. The van der Waals surface area contributed by atoms with Gasteiger partial charge in [0.15, 0.2) is 0 Å². The van der Waals surface area contributed by atoms with Crippen molar-refractivity contribution in [1.82, 2.24) is 10.2 Å². The van der Waals surface area contributed by atoms with Gasteiger partial charge in [-0.25, -0.2) is 4.39 Å². The molecule has 0 heterocycles. The van der Waals surface area contributed by atoms with Crippen LogP contribution >= 0.6 is 35.0 Å². The van der Waals surface area contributed by atoms with Gasteiger partial charge in [-0.1, -0.05) is 41.4 Å². The summed E-state index contributed by atoms with van der Waals surface area (Å²) in [5, 5.41) is 3.79. The number of benzene rings is 2. The van der Waals surface area contributed by atoms with Gasteiger partial charge >= 0.3 is 0 Å². The van der Waals surface area contributed by atoms with Crippen LogP contribution in [0.25, 0.3) is 0 Å². The highest BCUT2D eigenvalue weighted by Crippen LogP contribution is 2.24. The van der Waals surface area contributed by atoms with Gasteiger partial charge in [0.25, 0.3) is 0 Å². The average Bonchev–Trinajstić information content (AvgIpc) is 2.67. The standard InChI is InChI=1S/C22H25Cl2FN2O2S/c1-14(2)26-22(29)15(3)27(11-17-6-7-18(23)10-20(17)24)21(28)13-30-12-16-4-8-19(25)9-5-16/h4-10,14-15H,11-13H2,1-3H3,(H,26,29). The maximum atomic E-state index is 13.0. The highest BCUT2D eigenvalue weighted by atomic mass is 35.5. The van der Waals surface area contributed by atoms with Gasteiger partial charge in [0.1, 0.15) is 11.9 Å². The Hall–Kier alpha value is -1.76. The van der Waals surface area contributed by atoms with Crippen molar-refractivity contribution in [2.75, 3.05) is 5.75 Å². The second-order valence-corrected chi connectivity index (χ2v) is 9.05. The Labute approximate surface area is 191 Å². The molecule has 0 bridgehead atoms. The molecular formula is C22H25Cl2FN2O2S. The largest absolute Gasteiger partial charge is 0.352 e. The van der Waals surface area contributed by atoms with Crippen molar-refractivity contribution >= 4 is 46.8 Å². The fraction of sp³-hybridized carbons (Fsp3) is 0.364. The van der Waals surface area contributed by atoms with Crippen LogP contribution in [0.3, 0.4) is 0 Å². The number of rotatable bonds is 9. The van der Waals surface area contributed by atoms with Crippen molar-refractivity contribution in [2.24, 2.45) is 0 Å². The van der Waals surface area contributed by atoms with Gasteiger partial charge < -0.3 is 10.2 Å². The first kappa shape index (κ1) is 24.5. The fourth-order valence-corrected chi connectivity index (χ4v) is 4.08.